The normalized spacial score (nSPS) is 15.3. The summed E-state index contributed by atoms with van der Waals surface area (Å²) in [7, 11) is 0. The Kier molecular flexibility index (Phi) is 5.26. The van der Waals surface area contributed by atoms with Crippen LogP contribution in [0.3, 0.4) is 0 Å². The van der Waals surface area contributed by atoms with Crippen molar-refractivity contribution < 1.29 is 24.3 Å². The number of carbonyl (C=O) groups is 4. The SMILES string of the molecule is O=C1NC(=O)N(c2ccc(Br)cc2)C(=O)/C1=C/c1cccn1-c1cccc(C(=O)O)c1. The van der Waals surface area contributed by atoms with Gasteiger partial charge in [0.15, 0.2) is 0 Å². The number of hydrogen-bond acceptors (Lipinski definition) is 4. The number of hydrogen-bond donors (Lipinski definition) is 2. The highest BCUT2D eigenvalue weighted by Crippen LogP contribution is 2.24. The number of aromatic carboxylic acids is 1. The average Bonchev–Trinajstić information content (AvgIpc) is 3.21. The predicted octanol–water partition coefficient (Wildman–Crippen LogP) is 3.60. The number of urea groups is 1. The minimum atomic E-state index is -1.07. The molecule has 0 aliphatic carbocycles. The van der Waals surface area contributed by atoms with E-state index in [0.717, 1.165) is 9.37 Å². The Hall–Kier alpha value is -3.98. The van der Waals surface area contributed by atoms with Gasteiger partial charge in [-0.05, 0) is 60.7 Å². The van der Waals surface area contributed by atoms with E-state index in [1.165, 1.54) is 18.2 Å². The Morgan fingerprint density at radius 1 is 0.968 bits per heavy atom. The lowest BCUT2D eigenvalue weighted by atomic mass is 10.1. The molecule has 154 valence electrons. The maximum Gasteiger partial charge on any atom is 0.335 e. The molecule has 4 rings (SSSR count). The molecule has 8 nitrogen and oxygen atoms in total. The van der Waals surface area contributed by atoms with E-state index in [2.05, 4.69) is 21.2 Å². The summed E-state index contributed by atoms with van der Waals surface area (Å²) in [6.07, 6.45) is 3.04. The molecule has 0 bridgehead atoms. The zero-order valence-corrected chi connectivity index (χ0v) is 17.4. The molecule has 1 fully saturated rings. The van der Waals surface area contributed by atoms with E-state index < -0.39 is 23.8 Å². The Bertz CT molecular complexity index is 1260. The topological polar surface area (TPSA) is 109 Å². The van der Waals surface area contributed by atoms with Gasteiger partial charge in [-0.25, -0.2) is 14.5 Å². The fourth-order valence-corrected chi connectivity index (χ4v) is 3.43. The predicted molar refractivity (Wildman–Crippen MR) is 116 cm³/mol. The second-order valence-electron chi connectivity index (χ2n) is 6.59. The number of aromatic nitrogens is 1. The van der Waals surface area contributed by atoms with Crippen molar-refractivity contribution in [2.24, 2.45) is 0 Å². The van der Waals surface area contributed by atoms with Crippen molar-refractivity contribution in [3.8, 4) is 5.69 Å². The number of nitrogens with zero attached hydrogens (tertiary/aromatic N) is 2. The Labute approximate surface area is 184 Å². The van der Waals surface area contributed by atoms with Crippen molar-refractivity contribution in [2.75, 3.05) is 4.90 Å². The van der Waals surface area contributed by atoms with Gasteiger partial charge in [-0.3, -0.25) is 14.9 Å². The summed E-state index contributed by atoms with van der Waals surface area (Å²) in [5.74, 6) is -2.64. The third-order valence-electron chi connectivity index (χ3n) is 4.63. The van der Waals surface area contributed by atoms with Gasteiger partial charge in [-0.15, -0.1) is 0 Å². The van der Waals surface area contributed by atoms with Crippen LogP contribution >= 0.6 is 15.9 Å². The minimum Gasteiger partial charge on any atom is -0.478 e. The maximum atomic E-state index is 13.0. The molecule has 4 amide bonds. The lowest BCUT2D eigenvalue weighted by Crippen LogP contribution is -2.54. The summed E-state index contributed by atoms with van der Waals surface area (Å²) in [5.41, 5.74) is 1.20. The fourth-order valence-electron chi connectivity index (χ4n) is 3.17. The number of carboxylic acids is 1. The van der Waals surface area contributed by atoms with Gasteiger partial charge < -0.3 is 9.67 Å². The van der Waals surface area contributed by atoms with Crippen LogP contribution in [0.4, 0.5) is 10.5 Å². The number of barbiturate groups is 1. The van der Waals surface area contributed by atoms with Crippen LogP contribution in [0.15, 0.2) is 76.9 Å². The zero-order valence-electron chi connectivity index (χ0n) is 15.8. The lowest BCUT2D eigenvalue weighted by Gasteiger charge is -2.26. The van der Waals surface area contributed by atoms with Crippen molar-refractivity contribution in [1.29, 1.82) is 0 Å². The van der Waals surface area contributed by atoms with Crippen LogP contribution in [0.1, 0.15) is 16.1 Å². The lowest BCUT2D eigenvalue weighted by molar-refractivity contribution is -0.122. The van der Waals surface area contributed by atoms with E-state index in [0.29, 0.717) is 17.1 Å². The monoisotopic (exact) mass is 479 g/mol. The molecule has 1 saturated heterocycles. The molecule has 2 heterocycles. The largest absolute Gasteiger partial charge is 0.478 e. The second-order valence-corrected chi connectivity index (χ2v) is 7.51. The summed E-state index contributed by atoms with van der Waals surface area (Å²) in [5, 5.41) is 11.4. The molecule has 1 aliphatic heterocycles. The van der Waals surface area contributed by atoms with Crippen LogP contribution in [0.25, 0.3) is 11.8 Å². The van der Waals surface area contributed by atoms with Crippen LogP contribution in [0, 0.1) is 0 Å². The Morgan fingerprint density at radius 2 is 1.71 bits per heavy atom. The number of imide groups is 2. The molecule has 2 N–H and O–H groups in total. The molecule has 0 spiro atoms. The molecule has 3 aromatic rings. The van der Waals surface area contributed by atoms with E-state index in [1.807, 2.05) is 0 Å². The summed E-state index contributed by atoms with van der Waals surface area (Å²) in [6, 6.07) is 15.3. The van der Waals surface area contributed by atoms with Gasteiger partial charge in [0.1, 0.15) is 5.57 Å². The number of halogens is 1. The van der Waals surface area contributed by atoms with Gasteiger partial charge in [0.2, 0.25) is 0 Å². The summed E-state index contributed by atoms with van der Waals surface area (Å²) in [6.45, 7) is 0. The first-order valence-electron chi connectivity index (χ1n) is 9.03. The second kappa shape index (κ2) is 8.04. The highest BCUT2D eigenvalue weighted by Gasteiger charge is 2.37. The molecule has 0 radical (unpaired) electrons. The van der Waals surface area contributed by atoms with Crippen molar-refractivity contribution in [3.05, 3.63) is 88.2 Å². The van der Waals surface area contributed by atoms with E-state index in [-0.39, 0.29) is 11.1 Å². The summed E-state index contributed by atoms with van der Waals surface area (Å²) < 4.78 is 2.41. The number of carboxylic acid groups (broad SMARTS) is 1. The van der Waals surface area contributed by atoms with Gasteiger partial charge in [0.05, 0.1) is 11.3 Å². The number of benzene rings is 2. The molecule has 0 atom stereocenters. The van der Waals surface area contributed by atoms with Crippen molar-refractivity contribution in [2.45, 2.75) is 0 Å². The first kappa shape index (κ1) is 20.3. The van der Waals surface area contributed by atoms with Crippen molar-refractivity contribution in [1.82, 2.24) is 9.88 Å². The molecule has 1 aliphatic rings. The van der Waals surface area contributed by atoms with Crippen molar-refractivity contribution >= 4 is 51.5 Å². The number of anilines is 1. The van der Waals surface area contributed by atoms with Crippen LogP contribution < -0.4 is 10.2 Å². The highest BCUT2D eigenvalue weighted by atomic mass is 79.9. The number of rotatable bonds is 4. The third-order valence-corrected chi connectivity index (χ3v) is 5.16. The summed E-state index contributed by atoms with van der Waals surface area (Å²) in [4.78, 5) is 49.9. The first-order chi connectivity index (χ1) is 14.8. The van der Waals surface area contributed by atoms with Gasteiger partial charge in [-0.1, -0.05) is 22.0 Å². The molecule has 2 aromatic carbocycles. The Balaban J connectivity index is 1.74. The average molecular weight is 480 g/mol. The number of carbonyl (C=O) groups excluding carboxylic acids is 3. The van der Waals surface area contributed by atoms with Gasteiger partial charge >= 0.3 is 12.0 Å². The molecule has 0 saturated carbocycles. The van der Waals surface area contributed by atoms with Crippen molar-refractivity contribution in [3.63, 3.8) is 0 Å². The first-order valence-corrected chi connectivity index (χ1v) is 9.82. The number of amides is 4. The third kappa shape index (κ3) is 3.90. The summed E-state index contributed by atoms with van der Waals surface area (Å²) >= 11 is 3.30. The number of nitrogens with one attached hydrogen (secondary N) is 1. The van der Waals surface area contributed by atoms with Crippen LogP contribution in [-0.4, -0.2) is 33.5 Å². The molecular formula is C22H14BrN3O5. The Morgan fingerprint density at radius 3 is 2.42 bits per heavy atom. The quantitative estimate of drug-likeness (QED) is 0.438. The molecule has 9 heteroatoms. The van der Waals surface area contributed by atoms with Gasteiger partial charge in [0.25, 0.3) is 11.8 Å². The molecule has 1 aromatic heterocycles. The van der Waals surface area contributed by atoms with Gasteiger partial charge in [-0.2, -0.15) is 0 Å². The molecule has 31 heavy (non-hydrogen) atoms. The smallest absolute Gasteiger partial charge is 0.335 e. The molecule has 0 unspecified atom stereocenters. The fraction of sp³-hybridized carbons (Fsp3) is 0. The zero-order chi connectivity index (χ0) is 22.1. The van der Waals surface area contributed by atoms with E-state index in [9.17, 15) is 24.3 Å². The minimum absolute atomic E-state index is 0.100. The van der Waals surface area contributed by atoms with E-state index >= 15 is 0 Å². The van der Waals surface area contributed by atoms with Crippen LogP contribution in [-0.2, 0) is 9.59 Å². The maximum absolute atomic E-state index is 13.0. The van der Waals surface area contributed by atoms with E-state index in [4.69, 9.17) is 0 Å². The standard InChI is InChI=1S/C22H14BrN3O5/c23-14-6-8-15(9-7-14)26-20(28)18(19(27)24-22(26)31)12-17-5-2-10-25(17)16-4-1-3-13(11-16)21(29)30/h1-12H,(H,29,30)(H,24,27,31)/b18-12+. The van der Waals surface area contributed by atoms with E-state index in [1.54, 1.807) is 59.3 Å². The van der Waals surface area contributed by atoms with Gasteiger partial charge in [0, 0.05) is 22.1 Å². The van der Waals surface area contributed by atoms with Crippen LogP contribution in [0.2, 0.25) is 0 Å². The van der Waals surface area contributed by atoms with Crippen LogP contribution in [0.5, 0.6) is 0 Å². The molecular weight excluding hydrogens is 466 g/mol. The highest BCUT2D eigenvalue weighted by molar-refractivity contribution is 9.10.